The number of anilines is 2. The number of nitrogens with zero attached hydrogens (tertiary/aromatic N) is 1. The summed E-state index contributed by atoms with van der Waals surface area (Å²) in [5.74, 6) is -1.92. The molecule has 7 heteroatoms. The van der Waals surface area contributed by atoms with Crippen molar-refractivity contribution in [3.63, 3.8) is 0 Å². The smallest absolute Gasteiger partial charge is 0.300 e. The van der Waals surface area contributed by atoms with E-state index in [2.05, 4.69) is 42.0 Å². The molecule has 0 bridgehead atoms. The number of halogens is 1. The van der Waals surface area contributed by atoms with E-state index in [0.717, 1.165) is 15.6 Å². The van der Waals surface area contributed by atoms with Crippen molar-refractivity contribution in [1.82, 2.24) is 0 Å². The van der Waals surface area contributed by atoms with Crippen LogP contribution in [-0.4, -0.2) is 22.7 Å². The van der Waals surface area contributed by atoms with Crippen LogP contribution in [0.3, 0.4) is 0 Å². The van der Waals surface area contributed by atoms with E-state index in [0.29, 0.717) is 22.5 Å². The maximum Gasteiger partial charge on any atom is 0.300 e. The fourth-order valence-electron chi connectivity index (χ4n) is 4.44. The molecule has 0 radical (unpaired) electrons. The van der Waals surface area contributed by atoms with Gasteiger partial charge in [0.15, 0.2) is 0 Å². The summed E-state index contributed by atoms with van der Waals surface area (Å²) in [6.45, 7) is 9.64. The highest BCUT2D eigenvalue weighted by molar-refractivity contribution is 9.10. The monoisotopic (exact) mass is 560 g/mol. The molecule has 1 fully saturated rings. The fraction of sp³-hybridized carbons (Fsp3) is 0.233. The van der Waals surface area contributed by atoms with Crippen molar-refractivity contribution >= 4 is 50.7 Å². The maximum absolute atomic E-state index is 13.4. The van der Waals surface area contributed by atoms with Crippen molar-refractivity contribution in [1.29, 1.82) is 0 Å². The molecule has 0 saturated carbocycles. The molecule has 0 aliphatic carbocycles. The van der Waals surface area contributed by atoms with E-state index in [1.807, 2.05) is 31.2 Å². The normalized spacial score (nSPS) is 17.2. The summed E-state index contributed by atoms with van der Waals surface area (Å²) in [7, 11) is 0. The molecule has 0 spiro atoms. The van der Waals surface area contributed by atoms with Gasteiger partial charge in [-0.2, -0.15) is 0 Å². The number of benzene rings is 3. The van der Waals surface area contributed by atoms with Crippen LogP contribution in [0.4, 0.5) is 11.4 Å². The molecule has 2 amide bonds. The topological polar surface area (TPSA) is 86.7 Å². The highest BCUT2D eigenvalue weighted by Crippen LogP contribution is 2.43. The second-order valence-electron chi connectivity index (χ2n) is 10.2. The summed E-state index contributed by atoms with van der Waals surface area (Å²) >= 11 is 3.46. The Morgan fingerprint density at radius 3 is 2.14 bits per heavy atom. The van der Waals surface area contributed by atoms with Gasteiger partial charge in [0.2, 0.25) is 5.91 Å². The van der Waals surface area contributed by atoms with Gasteiger partial charge >= 0.3 is 0 Å². The molecule has 1 atom stereocenters. The van der Waals surface area contributed by atoms with Crippen LogP contribution in [-0.2, 0) is 19.8 Å². The van der Waals surface area contributed by atoms with Crippen LogP contribution in [0.25, 0.3) is 5.76 Å². The van der Waals surface area contributed by atoms with Gasteiger partial charge in [0.05, 0.1) is 11.6 Å². The van der Waals surface area contributed by atoms with E-state index >= 15 is 0 Å². The second kappa shape index (κ2) is 9.98. The zero-order valence-corrected chi connectivity index (χ0v) is 23.0. The molecule has 1 aliphatic rings. The van der Waals surface area contributed by atoms with Gasteiger partial charge < -0.3 is 10.4 Å². The van der Waals surface area contributed by atoms with Gasteiger partial charge in [0.1, 0.15) is 5.76 Å². The number of Topliss-reactive ketones (excluding diaryl/α,β-unsaturated/α-hetero) is 1. The quantitative estimate of drug-likeness (QED) is 0.213. The average Bonchev–Trinajstić information content (AvgIpc) is 3.10. The number of carbonyl (C=O) groups is 3. The summed E-state index contributed by atoms with van der Waals surface area (Å²) in [5, 5.41) is 14.1. The van der Waals surface area contributed by atoms with Crippen LogP contribution in [0, 0.1) is 6.92 Å². The third-order valence-corrected chi connectivity index (χ3v) is 7.32. The molecule has 1 heterocycles. The summed E-state index contributed by atoms with van der Waals surface area (Å²) in [5.41, 5.74) is 4.16. The average molecular weight is 561 g/mol. The Kier molecular flexibility index (Phi) is 7.11. The minimum absolute atomic E-state index is 0.0289. The molecule has 3 aromatic rings. The molecule has 2 N–H and O–H groups in total. The highest BCUT2D eigenvalue weighted by atomic mass is 79.9. The van der Waals surface area contributed by atoms with Gasteiger partial charge in [-0.05, 0) is 65.4 Å². The van der Waals surface area contributed by atoms with Gasteiger partial charge in [-0.15, -0.1) is 0 Å². The lowest BCUT2D eigenvalue weighted by Gasteiger charge is -2.27. The van der Waals surface area contributed by atoms with Crippen LogP contribution in [0.1, 0.15) is 56.0 Å². The van der Waals surface area contributed by atoms with Gasteiger partial charge in [-0.1, -0.05) is 67.0 Å². The number of hydrogen-bond acceptors (Lipinski definition) is 4. The van der Waals surface area contributed by atoms with Crippen LogP contribution in [0.2, 0.25) is 0 Å². The predicted octanol–water partition coefficient (Wildman–Crippen LogP) is 6.64. The molecule has 6 nitrogen and oxygen atoms in total. The first-order valence-corrected chi connectivity index (χ1v) is 12.7. The van der Waals surface area contributed by atoms with Gasteiger partial charge in [-0.3, -0.25) is 19.3 Å². The van der Waals surface area contributed by atoms with E-state index in [-0.39, 0.29) is 22.7 Å². The number of hydrogen-bond donors (Lipinski definition) is 2. The number of carbonyl (C=O) groups excluding carboxylic acids is 3. The molecule has 3 aromatic carbocycles. The molecular formula is C30H29BrN2O4. The molecule has 0 aromatic heterocycles. The number of aryl methyl sites for hydroxylation is 1. The van der Waals surface area contributed by atoms with Crippen LogP contribution in [0.5, 0.6) is 0 Å². The van der Waals surface area contributed by atoms with Gasteiger partial charge in [0, 0.05) is 28.3 Å². The number of amides is 2. The lowest BCUT2D eigenvalue weighted by Crippen LogP contribution is -2.29. The Morgan fingerprint density at radius 1 is 0.973 bits per heavy atom. The maximum atomic E-state index is 13.4. The number of nitrogens with one attached hydrogen (secondary N) is 1. The van der Waals surface area contributed by atoms with E-state index in [1.165, 1.54) is 11.8 Å². The minimum atomic E-state index is -0.829. The number of ketones is 1. The first-order valence-electron chi connectivity index (χ1n) is 11.9. The largest absolute Gasteiger partial charge is 0.507 e. The molecule has 1 saturated heterocycles. The molecule has 190 valence electrons. The molecular weight excluding hydrogens is 532 g/mol. The van der Waals surface area contributed by atoms with Crippen molar-refractivity contribution in [3.8, 4) is 0 Å². The first kappa shape index (κ1) is 26.4. The van der Waals surface area contributed by atoms with Crippen molar-refractivity contribution in [2.75, 3.05) is 10.2 Å². The van der Waals surface area contributed by atoms with E-state index in [1.54, 1.807) is 42.5 Å². The van der Waals surface area contributed by atoms with Crippen LogP contribution >= 0.6 is 15.9 Å². The highest BCUT2D eigenvalue weighted by Gasteiger charge is 2.47. The van der Waals surface area contributed by atoms with E-state index in [9.17, 15) is 19.5 Å². The van der Waals surface area contributed by atoms with E-state index in [4.69, 9.17) is 0 Å². The third-order valence-electron chi connectivity index (χ3n) is 6.43. The Labute approximate surface area is 225 Å². The molecule has 1 unspecified atom stereocenters. The fourth-order valence-corrected chi connectivity index (χ4v) is 4.68. The standard InChI is InChI=1S/C30H29BrN2O4/c1-17-16-20(8-15-24(17)31)27(35)25-26(19-6-9-21(10-7-19)30(3,4)5)33(29(37)28(25)36)23-13-11-22(12-14-23)32-18(2)34/h6-16,26,35H,1-5H3,(H,32,34)/b27-25-. The Morgan fingerprint density at radius 2 is 1.59 bits per heavy atom. The first-order chi connectivity index (χ1) is 17.4. The van der Waals surface area contributed by atoms with E-state index < -0.39 is 17.7 Å². The summed E-state index contributed by atoms with van der Waals surface area (Å²) < 4.78 is 0.873. The van der Waals surface area contributed by atoms with Gasteiger partial charge in [0.25, 0.3) is 11.7 Å². The molecule has 1 aliphatic heterocycles. The van der Waals surface area contributed by atoms with Crippen molar-refractivity contribution in [3.05, 3.63) is 99.0 Å². The van der Waals surface area contributed by atoms with Crippen LogP contribution < -0.4 is 10.2 Å². The second-order valence-corrected chi connectivity index (χ2v) is 11.1. The van der Waals surface area contributed by atoms with Crippen molar-refractivity contribution < 1.29 is 19.5 Å². The molecule has 37 heavy (non-hydrogen) atoms. The summed E-state index contributed by atoms with van der Waals surface area (Å²) in [6, 6.07) is 18.9. The Balaban J connectivity index is 1.89. The summed E-state index contributed by atoms with van der Waals surface area (Å²) in [6.07, 6.45) is 0. The van der Waals surface area contributed by atoms with Crippen LogP contribution in [0.15, 0.2) is 76.8 Å². The Bertz CT molecular complexity index is 1420. The Hall–Kier alpha value is -3.71. The lowest BCUT2D eigenvalue weighted by atomic mass is 9.85. The predicted molar refractivity (Wildman–Crippen MR) is 150 cm³/mol. The lowest BCUT2D eigenvalue weighted by molar-refractivity contribution is -0.132. The number of aliphatic hydroxyl groups excluding tert-OH is 1. The third kappa shape index (κ3) is 5.23. The number of rotatable bonds is 4. The van der Waals surface area contributed by atoms with Gasteiger partial charge in [-0.25, -0.2) is 0 Å². The van der Waals surface area contributed by atoms with Crippen molar-refractivity contribution in [2.45, 2.75) is 46.1 Å². The zero-order chi connectivity index (χ0) is 27.1. The zero-order valence-electron chi connectivity index (χ0n) is 21.4. The van der Waals surface area contributed by atoms with Crippen molar-refractivity contribution in [2.24, 2.45) is 0 Å². The molecule has 4 rings (SSSR count). The minimum Gasteiger partial charge on any atom is -0.507 e. The SMILES string of the molecule is CC(=O)Nc1ccc(N2C(=O)C(=O)/C(=C(\O)c3ccc(Br)c(C)c3)C2c2ccc(C(C)(C)C)cc2)cc1. The summed E-state index contributed by atoms with van der Waals surface area (Å²) in [4.78, 5) is 39.6. The number of aliphatic hydroxyl groups is 1.